The number of amides is 1. The van der Waals surface area contributed by atoms with Gasteiger partial charge in [-0.1, -0.05) is 0 Å². The Kier molecular flexibility index (Phi) is 3.62. The van der Waals surface area contributed by atoms with E-state index < -0.39 is 0 Å². The van der Waals surface area contributed by atoms with Crippen LogP contribution in [-0.4, -0.2) is 35.5 Å². The maximum absolute atomic E-state index is 11.6. The van der Waals surface area contributed by atoms with E-state index in [4.69, 9.17) is 0 Å². The molecule has 0 radical (unpaired) electrons. The van der Waals surface area contributed by atoms with Gasteiger partial charge < -0.3 is 10.2 Å². The van der Waals surface area contributed by atoms with Gasteiger partial charge in [-0.3, -0.25) is 9.78 Å². The molecule has 0 spiro atoms. The zero-order valence-corrected chi connectivity index (χ0v) is 11.1. The van der Waals surface area contributed by atoms with Crippen LogP contribution in [0.25, 0.3) is 0 Å². The quantitative estimate of drug-likeness (QED) is 0.884. The number of nitrogens with zero attached hydrogens (tertiary/aromatic N) is 3. The molecule has 2 heterocycles. The van der Waals surface area contributed by atoms with E-state index in [1.807, 2.05) is 6.20 Å². The van der Waals surface area contributed by atoms with Crippen LogP contribution < -0.4 is 10.2 Å². The Morgan fingerprint density at radius 2 is 2.05 bits per heavy atom. The van der Waals surface area contributed by atoms with Gasteiger partial charge in [-0.05, 0) is 31.6 Å². The fraction of sp³-hybridized carbons (Fsp3) is 0.643. The Morgan fingerprint density at radius 1 is 1.26 bits per heavy atom. The van der Waals surface area contributed by atoms with E-state index >= 15 is 0 Å². The maximum atomic E-state index is 11.6. The first-order valence-electron chi connectivity index (χ1n) is 7.11. The number of rotatable bonds is 4. The summed E-state index contributed by atoms with van der Waals surface area (Å²) in [5.41, 5.74) is 0. The number of anilines is 1. The molecule has 2 fully saturated rings. The number of hydrogen-bond donors (Lipinski definition) is 1. The van der Waals surface area contributed by atoms with Gasteiger partial charge in [0.2, 0.25) is 5.91 Å². The zero-order chi connectivity index (χ0) is 13.1. The Balaban J connectivity index is 1.43. The van der Waals surface area contributed by atoms with Crippen molar-refractivity contribution < 1.29 is 4.79 Å². The van der Waals surface area contributed by atoms with E-state index in [1.165, 1.54) is 0 Å². The van der Waals surface area contributed by atoms with Crippen molar-refractivity contribution in [2.24, 2.45) is 11.8 Å². The van der Waals surface area contributed by atoms with Crippen molar-refractivity contribution in [2.75, 3.05) is 24.5 Å². The summed E-state index contributed by atoms with van der Waals surface area (Å²) in [5, 5.41) is 3.08. The molecule has 1 amide bonds. The predicted octanol–water partition coefficient (Wildman–Crippen LogP) is 1.22. The van der Waals surface area contributed by atoms with E-state index in [0.717, 1.165) is 51.1 Å². The normalized spacial score (nSPS) is 20.3. The summed E-state index contributed by atoms with van der Waals surface area (Å²) in [5.74, 6) is 2.15. The Bertz CT molecular complexity index is 424. The number of piperidine rings is 1. The molecule has 102 valence electrons. The summed E-state index contributed by atoms with van der Waals surface area (Å²) in [7, 11) is 0. The van der Waals surface area contributed by atoms with Gasteiger partial charge in [-0.25, -0.2) is 4.98 Å². The molecular formula is C14H20N4O. The van der Waals surface area contributed by atoms with E-state index in [-0.39, 0.29) is 5.91 Å². The minimum atomic E-state index is 0.261. The molecule has 1 aliphatic heterocycles. The van der Waals surface area contributed by atoms with Crippen LogP contribution in [0.1, 0.15) is 25.7 Å². The first kappa shape index (κ1) is 12.4. The van der Waals surface area contributed by atoms with Gasteiger partial charge in [0.05, 0.1) is 6.20 Å². The third-order valence-electron chi connectivity index (χ3n) is 4.00. The molecule has 1 saturated heterocycles. The lowest BCUT2D eigenvalue weighted by Crippen LogP contribution is -2.39. The van der Waals surface area contributed by atoms with Gasteiger partial charge in [-0.2, -0.15) is 0 Å². The van der Waals surface area contributed by atoms with Crippen molar-refractivity contribution in [3.8, 4) is 0 Å². The molecule has 1 saturated carbocycles. The Labute approximate surface area is 113 Å². The van der Waals surface area contributed by atoms with Crippen LogP contribution in [0.15, 0.2) is 18.6 Å². The standard InChI is InChI=1S/C14H20N4O/c19-14(12-1-2-12)17-9-11-3-7-18(8-4-11)13-10-15-5-6-16-13/h5-6,10-12H,1-4,7-9H2,(H,17,19). The van der Waals surface area contributed by atoms with Gasteiger partial charge in [-0.15, -0.1) is 0 Å². The minimum Gasteiger partial charge on any atom is -0.356 e. The van der Waals surface area contributed by atoms with Crippen molar-refractivity contribution in [1.29, 1.82) is 0 Å². The van der Waals surface area contributed by atoms with Crippen molar-refractivity contribution >= 4 is 11.7 Å². The fourth-order valence-corrected chi connectivity index (χ4v) is 2.56. The number of aromatic nitrogens is 2. The van der Waals surface area contributed by atoms with E-state index in [9.17, 15) is 4.79 Å². The molecule has 0 atom stereocenters. The second kappa shape index (κ2) is 5.55. The van der Waals surface area contributed by atoms with Crippen molar-refractivity contribution in [3.05, 3.63) is 18.6 Å². The van der Waals surface area contributed by atoms with Crippen LogP contribution in [0.2, 0.25) is 0 Å². The summed E-state index contributed by atoms with van der Waals surface area (Å²) in [6.45, 7) is 2.84. The number of hydrogen-bond acceptors (Lipinski definition) is 4. The summed E-state index contributed by atoms with van der Waals surface area (Å²) in [6.07, 6.45) is 9.63. The van der Waals surface area contributed by atoms with Gasteiger partial charge >= 0.3 is 0 Å². The molecule has 1 N–H and O–H groups in total. The maximum Gasteiger partial charge on any atom is 0.223 e. The van der Waals surface area contributed by atoms with E-state index in [1.54, 1.807) is 12.4 Å². The van der Waals surface area contributed by atoms with Crippen LogP contribution >= 0.6 is 0 Å². The van der Waals surface area contributed by atoms with Crippen LogP contribution in [0, 0.1) is 11.8 Å². The van der Waals surface area contributed by atoms with Crippen LogP contribution in [0.3, 0.4) is 0 Å². The SMILES string of the molecule is O=C(NCC1CCN(c2cnccn2)CC1)C1CC1. The average Bonchev–Trinajstić information content (AvgIpc) is 3.31. The number of carbonyl (C=O) groups is 1. The first-order chi connectivity index (χ1) is 9.33. The zero-order valence-electron chi connectivity index (χ0n) is 11.1. The average molecular weight is 260 g/mol. The molecule has 3 rings (SSSR count). The summed E-state index contributed by atoms with van der Waals surface area (Å²) >= 11 is 0. The monoisotopic (exact) mass is 260 g/mol. The smallest absolute Gasteiger partial charge is 0.223 e. The molecule has 0 bridgehead atoms. The second-order valence-corrected chi connectivity index (χ2v) is 5.51. The summed E-state index contributed by atoms with van der Waals surface area (Å²) in [6, 6.07) is 0. The molecule has 5 nitrogen and oxygen atoms in total. The summed E-state index contributed by atoms with van der Waals surface area (Å²) < 4.78 is 0. The largest absolute Gasteiger partial charge is 0.356 e. The van der Waals surface area contributed by atoms with Gasteiger partial charge in [0.1, 0.15) is 5.82 Å². The highest BCUT2D eigenvalue weighted by molar-refractivity contribution is 5.80. The highest BCUT2D eigenvalue weighted by Crippen LogP contribution is 2.29. The molecule has 0 aromatic carbocycles. The molecule has 1 aromatic heterocycles. The Morgan fingerprint density at radius 3 is 2.68 bits per heavy atom. The lowest BCUT2D eigenvalue weighted by Gasteiger charge is -2.32. The lowest BCUT2D eigenvalue weighted by atomic mass is 9.97. The Hall–Kier alpha value is -1.65. The predicted molar refractivity (Wildman–Crippen MR) is 72.7 cm³/mol. The van der Waals surface area contributed by atoms with Crippen molar-refractivity contribution in [1.82, 2.24) is 15.3 Å². The third kappa shape index (κ3) is 3.22. The van der Waals surface area contributed by atoms with Gasteiger partial charge in [0.25, 0.3) is 0 Å². The second-order valence-electron chi connectivity index (χ2n) is 5.51. The molecular weight excluding hydrogens is 240 g/mol. The molecule has 19 heavy (non-hydrogen) atoms. The minimum absolute atomic E-state index is 0.261. The van der Waals surface area contributed by atoms with E-state index in [0.29, 0.717) is 11.8 Å². The topological polar surface area (TPSA) is 58.1 Å². The van der Waals surface area contributed by atoms with Crippen molar-refractivity contribution in [2.45, 2.75) is 25.7 Å². The number of carbonyl (C=O) groups excluding carboxylic acids is 1. The first-order valence-corrected chi connectivity index (χ1v) is 7.11. The molecule has 1 aromatic rings. The van der Waals surface area contributed by atoms with Crippen LogP contribution in [0.5, 0.6) is 0 Å². The third-order valence-corrected chi connectivity index (χ3v) is 4.00. The molecule has 5 heteroatoms. The van der Waals surface area contributed by atoms with Crippen LogP contribution in [0.4, 0.5) is 5.82 Å². The molecule has 0 unspecified atom stereocenters. The highest BCUT2D eigenvalue weighted by atomic mass is 16.2. The fourth-order valence-electron chi connectivity index (χ4n) is 2.56. The lowest BCUT2D eigenvalue weighted by molar-refractivity contribution is -0.122. The van der Waals surface area contributed by atoms with Crippen LogP contribution in [-0.2, 0) is 4.79 Å². The number of nitrogens with one attached hydrogen (secondary N) is 1. The van der Waals surface area contributed by atoms with Gasteiger partial charge in [0.15, 0.2) is 0 Å². The van der Waals surface area contributed by atoms with Crippen molar-refractivity contribution in [3.63, 3.8) is 0 Å². The van der Waals surface area contributed by atoms with Gasteiger partial charge in [0, 0.05) is 37.9 Å². The van der Waals surface area contributed by atoms with E-state index in [2.05, 4.69) is 20.2 Å². The highest BCUT2D eigenvalue weighted by Gasteiger charge is 2.30. The summed E-state index contributed by atoms with van der Waals surface area (Å²) in [4.78, 5) is 22.3. The molecule has 1 aliphatic carbocycles. The molecule has 2 aliphatic rings.